The van der Waals surface area contributed by atoms with Crippen molar-refractivity contribution >= 4 is 99.5 Å². The highest BCUT2D eigenvalue weighted by atomic mass is 35.5. The van der Waals surface area contributed by atoms with Crippen molar-refractivity contribution in [3.05, 3.63) is 102 Å². The van der Waals surface area contributed by atoms with Gasteiger partial charge in [-0.15, -0.1) is 0 Å². The van der Waals surface area contributed by atoms with Gasteiger partial charge in [-0.25, -0.2) is 80.6 Å². The van der Waals surface area contributed by atoms with Crippen molar-refractivity contribution in [3.63, 3.8) is 0 Å². The van der Waals surface area contributed by atoms with E-state index in [1.165, 1.54) is 54.0 Å². The number of anilines is 15. The van der Waals surface area contributed by atoms with Crippen molar-refractivity contribution in [2.24, 2.45) is 11.8 Å². The predicted molar refractivity (Wildman–Crippen MR) is 528 cm³/mol. The second kappa shape index (κ2) is 41.2. The van der Waals surface area contributed by atoms with Crippen LogP contribution in [-0.4, -0.2) is 316 Å². The van der Waals surface area contributed by atoms with Crippen LogP contribution in [0.1, 0.15) is 79.1 Å². The first kappa shape index (κ1) is 102. The van der Waals surface area contributed by atoms with Crippen LogP contribution in [0, 0.1) is 17.7 Å². The highest BCUT2D eigenvalue weighted by molar-refractivity contribution is 6.33. The summed E-state index contributed by atoms with van der Waals surface area (Å²) in [5.41, 5.74) is 30.8. The Balaban J connectivity index is 0.000000109. The maximum absolute atomic E-state index is 14.4. The highest BCUT2D eigenvalue weighted by Gasteiger charge is 2.49. The molecule has 0 aromatic carbocycles. The number of nitrogens with two attached hydrogens (primary N) is 5. The molecule has 16 atom stereocenters. The molecule has 16 aliphatic rings. The first-order valence-corrected chi connectivity index (χ1v) is 49.8. The molecule has 149 heavy (non-hydrogen) atoms. The third-order valence-corrected chi connectivity index (χ3v) is 29.7. The fraction of sp³-hybridized carbons (Fsp3) is 0.536. The highest BCUT2D eigenvalue weighted by Crippen LogP contribution is 2.46. The quantitative estimate of drug-likeness (QED) is 0.0417. The molecule has 0 radical (unpaired) electrons. The van der Waals surface area contributed by atoms with Gasteiger partial charge in [0.25, 0.3) is 5.92 Å². The molecule has 10 N–H and O–H groups in total. The molecule has 52 heteroatoms. The number of nitrogens with zero attached hydrogens (tertiary/aromatic N) is 25. The zero-order chi connectivity index (χ0) is 104. The van der Waals surface area contributed by atoms with E-state index in [9.17, 15) is 57.1 Å². The molecule has 794 valence electrons. The van der Waals surface area contributed by atoms with E-state index in [0.717, 1.165) is 62.4 Å². The van der Waals surface area contributed by atoms with E-state index in [0.29, 0.717) is 195 Å². The van der Waals surface area contributed by atoms with E-state index in [1.54, 1.807) is 44.3 Å². The Kier molecular flexibility index (Phi) is 28.1. The van der Waals surface area contributed by atoms with Crippen molar-refractivity contribution in [2.75, 3.05) is 209 Å². The van der Waals surface area contributed by atoms with Crippen molar-refractivity contribution in [1.82, 2.24) is 74.8 Å². The largest absolute Gasteiger partial charge is 0.431 e. The third-order valence-electron chi connectivity index (χ3n) is 29.3. The van der Waals surface area contributed by atoms with Gasteiger partial charge in [-0.05, 0) is 69.9 Å². The first-order valence-electron chi connectivity index (χ1n) is 49.4. The molecule has 0 amide bonds. The number of nitrogen functional groups attached to an aromatic ring is 5. The lowest BCUT2D eigenvalue weighted by Crippen LogP contribution is -2.57. The van der Waals surface area contributed by atoms with E-state index in [4.69, 9.17) is 88.9 Å². The van der Waals surface area contributed by atoms with Crippen LogP contribution in [0.4, 0.5) is 145 Å². The second-order valence-corrected chi connectivity index (χ2v) is 41.1. The van der Waals surface area contributed by atoms with Crippen LogP contribution in [0.15, 0.2) is 91.6 Å². The molecule has 38 nitrogen and oxygen atoms in total. The molecule has 10 bridgehead atoms. The summed E-state index contributed by atoms with van der Waals surface area (Å²) >= 11 is 6.17. The standard InChI is InChI=1S/2C20H23F3N6O2.C19H22ClFN6O.C19H20F4N6O2.C19H22F2N6O/c2*1-10-6-28(8-14(10)21)20-26-15(11-2-16(31-19(22)23)18(24)25-5-11)4-17(27-20)29-7-13-3-12(29)9-30-13;1-19(21)2-3-26(10-19)18-24-15(11-4-14(20)17(22)23-7-11)6-16(25-18)27-8-13-5-12(27)9-28-13;20-17(21)31-14-3-10(6-25-16(14)24)13-5-15(29-7-11-4-12(8-29)30-11)27-18(26-13)28-2-1-19(22,23)9-28;1-19(21)2-3-26(10-19)18-24-15(11-4-14(20)17(22)23-7-11)6-16(25-18)27-8-13-5-12(27)9-28-13/h2*2,4-5,10,12-14,19H,3,6-9H2,1H3,(H2,24,25);4,6-7,12-13H,2-3,5,8-10H2,1H3,(H2,22,23);3,5-6,11-12,17H,1-2,4,7-9H2,(H2,24,25);4,6-7,12-13H,2-3,5,8-10H2,1H3,(H2,22,23)/t2*10?,12-,13-,14?;12-,13-,19-;;12-,13-,19?/m000.0/s1. The number of hydrogen-bond donors (Lipinski definition) is 5. The lowest BCUT2D eigenvalue weighted by molar-refractivity contribution is -0.133. The van der Waals surface area contributed by atoms with Gasteiger partial charge in [0, 0.05) is 199 Å². The number of ether oxygens (including phenoxy) is 8. The Morgan fingerprint density at radius 2 is 0.651 bits per heavy atom. The normalized spacial score (nSPS) is 27.5. The van der Waals surface area contributed by atoms with Crippen LogP contribution in [0.5, 0.6) is 17.2 Å². The monoisotopic (exact) mass is 2100 g/mol. The van der Waals surface area contributed by atoms with Gasteiger partial charge >= 0.3 is 19.8 Å². The lowest BCUT2D eigenvalue weighted by Gasteiger charge is -2.47. The lowest BCUT2D eigenvalue weighted by atomic mass is 9.99. The molecule has 0 saturated carbocycles. The molecule has 10 aromatic rings. The van der Waals surface area contributed by atoms with Gasteiger partial charge in [-0.2, -0.15) is 51.3 Å². The van der Waals surface area contributed by atoms with Gasteiger partial charge in [-0.3, -0.25) is 0 Å². The summed E-state index contributed by atoms with van der Waals surface area (Å²) < 4.78 is 217. The molecule has 16 fully saturated rings. The number of alkyl halides is 12. The van der Waals surface area contributed by atoms with Crippen LogP contribution >= 0.6 is 11.6 Å². The van der Waals surface area contributed by atoms with E-state index in [1.807, 2.05) is 50.5 Å². The summed E-state index contributed by atoms with van der Waals surface area (Å²) in [5.74, 6) is 0.730. The van der Waals surface area contributed by atoms with E-state index in [-0.39, 0.29) is 158 Å². The van der Waals surface area contributed by atoms with Gasteiger partial charge in [-0.1, -0.05) is 25.4 Å². The minimum atomic E-state index is -3.07. The van der Waals surface area contributed by atoms with Crippen molar-refractivity contribution in [2.45, 2.75) is 189 Å². The number of pyridine rings is 5. The maximum Gasteiger partial charge on any atom is 0.387 e. The number of rotatable bonds is 21. The Bertz CT molecular complexity index is 6220. The number of hydrogen-bond acceptors (Lipinski definition) is 38. The second-order valence-electron chi connectivity index (χ2n) is 40.7. The number of piperidine rings is 1. The van der Waals surface area contributed by atoms with Gasteiger partial charge in [0.1, 0.15) is 58.6 Å². The summed E-state index contributed by atoms with van der Waals surface area (Å²) in [6.07, 6.45) is 11.9. The molecule has 16 aliphatic heterocycles. The average molecular weight is 2110 g/mol. The van der Waals surface area contributed by atoms with Gasteiger partial charge in [0.2, 0.25) is 29.7 Å². The van der Waals surface area contributed by atoms with Crippen LogP contribution in [-0.2, 0) is 23.7 Å². The van der Waals surface area contributed by atoms with Crippen LogP contribution in [0.25, 0.3) is 56.3 Å². The number of morpholine rings is 5. The van der Waals surface area contributed by atoms with E-state index < -0.39 is 61.8 Å². The molecule has 0 aliphatic carbocycles. The maximum atomic E-state index is 14.4. The van der Waals surface area contributed by atoms with Gasteiger partial charge < -0.3 is 116 Å². The molecule has 10 aromatic heterocycles. The number of fused-ring (bicyclic) bond motifs is 10. The average Bonchev–Trinajstić information content (AvgIpc) is 1.77. The third kappa shape index (κ3) is 22.5. The molecule has 26 rings (SSSR count). The summed E-state index contributed by atoms with van der Waals surface area (Å²) in [7, 11) is 0. The van der Waals surface area contributed by atoms with Crippen LogP contribution in [0.3, 0.4) is 0 Å². The van der Waals surface area contributed by atoms with E-state index >= 15 is 0 Å². The van der Waals surface area contributed by atoms with Gasteiger partial charge in [0.15, 0.2) is 46.3 Å². The summed E-state index contributed by atoms with van der Waals surface area (Å²) in [5, 5.41) is 0.380. The van der Waals surface area contributed by atoms with Crippen molar-refractivity contribution in [1.29, 1.82) is 0 Å². The van der Waals surface area contributed by atoms with E-state index in [2.05, 4.69) is 83.7 Å². The predicted octanol–water partition coefficient (Wildman–Crippen LogP) is 12.4. The fourth-order valence-corrected chi connectivity index (χ4v) is 21.5. The number of halogens is 14. The van der Waals surface area contributed by atoms with Crippen LogP contribution in [0.2, 0.25) is 5.02 Å². The Morgan fingerprint density at radius 3 is 0.933 bits per heavy atom. The summed E-state index contributed by atoms with van der Waals surface area (Å²) in [6.45, 7) is 7.37. The Hall–Kier alpha value is -13.3. The molecular weight excluding hydrogens is 2000 g/mol. The molecule has 0 spiro atoms. The Morgan fingerprint density at radius 1 is 0.349 bits per heavy atom. The summed E-state index contributed by atoms with van der Waals surface area (Å²) in [6, 6.07) is 17.2. The molecule has 16 saturated heterocycles. The Labute approximate surface area is 851 Å². The first-order chi connectivity index (χ1) is 71.2. The minimum Gasteiger partial charge on any atom is -0.431 e. The van der Waals surface area contributed by atoms with Crippen molar-refractivity contribution in [3.8, 4) is 73.5 Å². The minimum absolute atomic E-state index is 0.112. The molecule has 26 heterocycles. The topological polar surface area (TPSA) is 430 Å². The van der Waals surface area contributed by atoms with Crippen LogP contribution < -0.4 is 91.9 Å². The van der Waals surface area contributed by atoms with Gasteiger partial charge in [0.05, 0.1) is 153 Å². The fourth-order valence-electron chi connectivity index (χ4n) is 21.4. The number of aromatic nitrogens is 15. The SMILES string of the molecule is CC1(F)CCN(c2nc(-c3cnc(N)c(F)c3)cc(N3C[C@@H]4C[C@H]3CO4)n2)C1.CC1CN(c2nc(-c3cnc(N)c(OC(F)F)c3)cc(N3C[C@@H]4C[C@H]3CO4)n2)CC1F.CC1CN(c2nc(-c3cnc(N)c(OC(F)F)c3)cc(N3C[C@@H]4C[C@H]3CO4)n2)CC1F.C[C@]1(F)CCN(c2nc(-c3cnc(N)c(Cl)c3)cc(N3C[C@@H]4C[C@H]3CO4)n2)C1.Nc1ncc(-c2cc(N3CC4CC(C3)O4)nc(N3CCC(F)(F)C3)n2)cc1OC(F)F. The molecular formula is C97H110ClF13N30O8. The zero-order valence-corrected chi connectivity index (χ0v) is 82.2. The summed E-state index contributed by atoms with van der Waals surface area (Å²) in [4.78, 5) is 86.0. The smallest absolute Gasteiger partial charge is 0.387 e. The van der Waals surface area contributed by atoms with Crippen molar-refractivity contribution < 1.29 is 95.0 Å². The molecule has 7 unspecified atom stereocenters. The zero-order valence-electron chi connectivity index (χ0n) is 81.4.